The van der Waals surface area contributed by atoms with E-state index < -0.39 is 0 Å². The summed E-state index contributed by atoms with van der Waals surface area (Å²) >= 11 is 0. The molecule has 1 N–H and O–H groups in total. The smallest absolute Gasteiger partial charge is 0.213 e. The van der Waals surface area contributed by atoms with Crippen molar-refractivity contribution in [1.29, 1.82) is 5.26 Å². The number of ether oxygens (including phenoxy) is 2. The van der Waals surface area contributed by atoms with Crippen LogP contribution in [-0.2, 0) is 4.74 Å². The summed E-state index contributed by atoms with van der Waals surface area (Å²) in [6, 6.07) is 6.50. The highest BCUT2D eigenvalue weighted by atomic mass is 16.5. The molecule has 1 aromatic rings. The maximum absolute atomic E-state index is 8.84. The number of hydrogen-bond donors (Lipinski definition) is 1. The van der Waals surface area contributed by atoms with E-state index in [2.05, 4.69) is 16.4 Å². The predicted octanol–water partition coefficient (Wildman–Crippen LogP) is 2.74. The second-order valence-corrected chi connectivity index (χ2v) is 5.83. The van der Waals surface area contributed by atoms with E-state index in [1.807, 2.05) is 18.3 Å². The second-order valence-electron chi connectivity index (χ2n) is 5.83. The largest absolute Gasteiger partial charge is 0.481 e. The van der Waals surface area contributed by atoms with Crippen molar-refractivity contribution in [2.75, 3.05) is 12.4 Å². The van der Waals surface area contributed by atoms with Crippen LogP contribution in [0.2, 0.25) is 0 Å². The maximum atomic E-state index is 8.84. The minimum absolute atomic E-state index is 0.112. The zero-order valence-electron chi connectivity index (χ0n) is 12.3. The Morgan fingerprint density at radius 1 is 1.48 bits per heavy atom. The van der Waals surface area contributed by atoms with Crippen molar-refractivity contribution in [3.8, 4) is 11.9 Å². The molecule has 1 aromatic heterocycles. The van der Waals surface area contributed by atoms with E-state index in [1.54, 1.807) is 7.11 Å². The van der Waals surface area contributed by atoms with Gasteiger partial charge in [0.1, 0.15) is 0 Å². The summed E-state index contributed by atoms with van der Waals surface area (Å²) < 4.78 is 11.1. The molecule has 0 spiro atoms. The van der Waals surface area contributed by atoms with Gasteiger partial charge in [0.25, 0.3) is 0 Å². The zero-order chi connectivity index (χ0) is 14.7. The maximum Gasteiger partial charge on any atom is 0.213 e. The van der Waals surface area contributed by atoms with Crippen LogP contribution in [0.4, 0.5) is 5.69 Å². The van der Waals surface area contributed by atoms with Crippen LogP contribution in [0, 0.1) is 17.2 Å². The minimum atomic E-state index is 0.112. The Labute approximate surface area is 125 Å². The van der Waals surface area contributed by atoms with Gasteiger partial charge in [0, 0.05) is 18.0 Å². The van der Waals surface area contributed by atoms with E-state index in [1.165, 1.54) is 6.42 Å². The molecule has 2 aliphatic rings. The molecule has 3 rings (SSSR count). The topological polar surface area (TPSA) is 67.2 Å². The van der Waals surface area contributed by atoms with Gasteiger partial charge in [-0.1, -0.05) is 0 Å². The van der Waals surface area contributed by atoms with Crippen LogP contribution in [0.3, 0.4) is 0 Å². The quantitative estimate of drug-likeness (QED) is 0.922. The van der Waals surface area contributed by atoms with E-state index in [0.717, 1.165) is 24.9 Å². The average molecular weight is 287 g/mol. The molecule has 0 bridgehead atoms. The van der Waals surface area contributed by atoms with Crippen molar-refractivity contribution in [3.63, 3.8) is 0 Å². The molecule has 1 saturated carbocycles. The molecule has 112 valence electrons. The summed E-state index contributed by atoms with van der Waals surface area (Å²) in [7, 11) is 1.62. The highest BCUT2D eigenvalue weighted by Crippen LogP contribution is 2.39. The normalized spacial score (nSPS) is 31.2. The lowest BCUT2D eigenvalue weighted by molar-refractivity contribution is 0.0189. The molecular weight excluding hydrogens is 266 g/mol. The molecule has 5 heteroatoms. The molecule has 0 radical (unpaired) electrons. The highest BCUT2D eigenvalue weighted by Gasteiger charge is 2.41. The number of fused-ring (bicyclic) bond motifs is 1. The number of aromatic nitrogens is 1. The van der Waals surface area contributed by atoms with Crippen molar-refractivity contribution < 1.29 is 9.47 Å². The van der Waals surface area contributed by atoms with E-state index in [-0.39, 0.29) is 6.10 Å². The van der Waals surface area contributed by atoms with Crippen LogP contribution in [0.25, 0.3) is 0 Å². The number of hydrogen-bond acceptors (Lipinski definition) is 5. The van der Waals surface area contributed by atoms with Crippen LogP contribution in [0.15, 0.2) is 18.3 Å². The summed E-state index contributed by atoms with van der Waals surface area (Å²) in [6.07, 6.45) is 7.15. The molecule has 2 fully saturated rings. The van der Waals surface area contributed by atoms with Gasteiger partial charge in [-0.25, -0.2) is 4.98 Å². The Bertz CT molecular complexity index is 511. The summed E-state index contributed by atoms with van der Waals surface area (Å²) in [6.45, 7) is 0. The Morgan fingerprint density at radius 2 is 2.38 bits per heavy atom. The number of methoxy groups -OCH3 is 1. The van der Waals surface area contributed by atoms with E-state index in [9.17, 15) is 0 Å². The van der Waals surface area contributed by atoms with Crippen LogP contribution >= 0.6 is 0 Å². The molecule has 4 atom stereocenters. The van der Waals surface area contributed by atoms with Gasteiger partial charge in [-0.05, 0) is 31.7 Å². The molecule has 0 aromatic carbocycles. The van der Waals surface area contributed by atoms with Crippen LogP contribution < -0.4 is 10.1 Å². The van der Waals surface area contributed by atoms with Crippen molar-refractivity contribution in [2.45, 2.75) is 50.4 Å². The van der Waals surface area contributed by atoms with Crippen molar-refractivity contribution in [3.05, 3.63) is 18.3 Å². The summed E-state index contributed by atoms with van der Waals surface area (Å²) in [5, 5.41) is 12.4. The first-order chi connectivity index (χ1) is 10.3. The standard InChI is InChI=1S/C16H21N3O2/c1-20-16-6-5-11(10-18-16)19-14-3-2-4-15-13(14)9-12(21-15)7-8-17/h5-6,10,12-15,19H,2-4,7,9H2,1H3. The third kappa shape index (κ3) is 3.11. The van der Waals surface area contributed by atoms with Gasteiger partial charge < -0.3 is 14.8 Å². The lowest BCUT2D eigenvalue weighted by Gasteiger charge is -2.33. The van der Waals surface area contributed by atoms with Crippen molar-refractivity contribution in [1.82, 2.24) is 4.98 Å². The molecule has 5 nitrogen and oxygen atoms in total. The fourth-order valence-corrected chi connectivity index (χ4v) is 3.53. The van der Waals surface area contributed by atoms with Gasteiger partial charge in [0.2, 0.25) is 5.88 Å². The molecule has 2 heterocycles. The lowest BCUT2D eigenvalue weighted by atomic mass is 9.81. The molecule has 0 amide bonds. The number of anilines is 1. The van der Waals surface area contributed by atoms with Gasteiger partial charge in [-0.15, -0.1) is 0 Å². The zero-order valence-corrected chi connectivity index (χ0v) is 12.3. The minimum Gasteiger partial charge on any atom is -0.481 e. The fourth-order valence-electron chi connectivity index (χ4n) is 3.53. The van der Waals surface area contributed by atoms with Crippen LogP contribution in [0.5, 0.6) is 5.88 Å². The molecule has 4 unspecified atom stereocenters. The number of nitriles is 1. The van der Waals surface area contributed by atoms with E-state index in [4.69, 9.17) is 14.7 Å². The third-order valence-electron chi connectivity index (χ3n) is 4.52. The lowest BCUT2D eigenvalue weighted by Crippen LogP contribution is -2.38. The van der Waals surface area contributed by atoms with E-state index in [0.29, 0.717) is 30.4 Å². The first kappa shape index (κ1) is 14.2. The first-order valence-electron chi connectivity index (χ1n) is 7.59. The Hall–Kier alpha value is -1.80. The number of pyridine rings is 1. The van der Waals surface area contributed by atoms with Crippen LogP contribution in [0.1, 0.15) is 32.1 Å². The van der Waals surface area contributed by atoms with Gasteiger partial charge in [0.15, 0.2) is 0 Å². The molecule has 21 heavy (non-hydrogen) atoms. The number of rotatable bonds is 4. The monoisotopic (exact) mass is 287 g/mol. The highest BCUT2D eigenvalue weighted by molar-refractivity contribution is 5.43. The summed E-state index contributed by atoms with van der Waals surface area (Å²) in [4.78, 5) is 4.23. The van der Waals surface area contributed by atoms with E-state index >= 15 is 0 Å². The van der Waals surface area contributed by atoms with Crippen molar-refractivity contribution >= 4 is 5.69 Å². The Kier molecular flexibility index (Phi) is 4.26. The number of nitrogens with zero attached hydrogens (tertiary/aromatic N) is 2. The Morgan fingerprint density at radius 3 is 3.10 bits per heavy atom. The average Bonchev–Trinajstić information content (AvgIpc) is 2.92. The summed E-state index contributed by atoms with van der Waals surface area (Å²) in [5.74, 6) is 1.12. The van der Waals surface area contributed by atoms with Gasteiger partial charge in [-0.2, -0.15) is 5.26 Å². The number of nitrogens with one attached hydrogen (secondary N) is 1. The first-order valence-corrected chi connectivity index (χ1v) is 7.59. The van der Waals surface area contributed by atoms with Crippen LogP contribution in [-0.4, -0.2) is 30.3 Å². The summed E-state index contributed by atoms with van der Waals surface area (Å²) in [5.41, 5.74) is 1.02. The molecule has 1 aliphatic carbocycles. The van der Waals surface area contributed by atoms with Gasteiger partial charge in [0.05, 0.1) is 43.7 Å². The van der Waals surface area contributed by atoms with Crippen molar-refractivity contribution in [2.24, 2.45) is 5.92 Å². The SMILES string of the molecule is COc1ccc(NC2CCCC3OC(CC#N)CC23)cn1. The molecule has 1 saturated heterocycles. The van der Waals surface area contributed by atoms with Gasteiger partial charge >= 0.3 is 0 Å². The predicted molar refractivity (Wildman–Crippen MR) is 79.0 cm³/mol. The Balaban J connectivity index is 1.65. The van der Waals surface area contributed by atoms with Gasteiger partial charge in [-0.3, -0.25) is 0 Å². The second kappa shape index (κ2) is 6.31. The third-order valence-corrected chi connectivity index (χ3v) is 4.52. The fraction of sp³-hybridized carbons (Fsp3) is 0.625. The molecular formula is C16H21N3O2. The molecule has 1 aliphatic heterocycles.